The summed E-state index contributed by atoms with van der Waals surface area (Å²) in [6.07, 6.45) is 1.67. The maximum Gasteiger partial charge on any atom is 0.260 e. The molecule has 2 aromatic carbocycles. The molecular weight excluding hydrogens is 540 g/mol. The third-order valence-corrected chi connectivity index (χ3v) is 8.91. The fourth-order valence-electron chi connectivity index (χ4n) is 3.83. The van der Waals surface area contributed by atoms with Crippen LogP contribution in [-0.2, 0) is 26.0 Å². The van der Waals surface area contributed by atoms with E-state index < -0.39 is 10.0 Å². The molecule has 0 unspecified atom stereocenters. The molecule has 0 saturated heterocycles. The molecule has 0 radical (unpaired) electrons. The van der Waals surface area contributed by atoms with Crippen molar-refractivity contribution < 1.29 is 27.4 Å². The number of ether oxygens (including phenoxy) is 3. The molecule has 0 aliphatic rings. The van der Waals surface area contributed by atoms with Gasteiger partial charge < -0.3 is 14.2 Å². The van der Waals surface area contributed by atoms with Crippen molar-refractivity contribution in [2.24, 2.45) is 0 Å². The second-order valence-corrected chi connectivity index (χ2v) is 11.4. The molecule has 10 nitrogen and oxygen atoms in total. The van der Waals surface area contributed by atoms with E-state index in [1.54, 1.807) is 24.3 Å². The van der Waals surface area contributed by atoms with Crippen LogP contribution in [0.25, 0.3) is 10.2 Å². The van der Waals surface area contributed by atoms with Crippen LogP contribution in [-0.4, -0.2) is 76.2 Å². The number of pyridine rings is 1. The summed E-state index contributed by atoms with van der Waals surface area (Å²) in [6.45, 7) is 1.05. The number of amides is 1. The molecule has 0 bridgehead atoms. The van der Waals surface area contributed by atoms with Crippen molar-refractivity contribution in [2.75, 3.05) is 52.5 Å². The van der Waals surface area contributed by atoms with Crippen LogP contribution in [0.15, 0.2) is 71.8 Å². The number of anilines is 1. The second kappa shape index (κ2) is 13.1. The Morgan fingerprint density at radius 1 is 0.949 bits per heavy atom. The summed E-state index contributed by atoms with van der Waals surface area (Å²) in [5, 5.41) is 0.496. The molecule has 0 aliphatic carbocycles. The highest BCUT2D eigenvalue weighted by molar-refractivity contribution is 7.89. The minimum atomic E-state index is -3.82. The Labute approximate surface area is 231 Å². The molecule has 4 rings (SSSR count). The summed E-state index contributed by atoms with van der Waals surface area (Å²) in [4.78, 5) is 24.5. The lowest BCUT2D eigenvalue weighted by atomic mass is 10.2. The molecular formula is C27H30N4O6S2. The van der Waals surface area contributed by atoms with Crippen molar-refractivity contribution in [3.8, 4) is 5.75 Å². The van der Waals surface area contributed by atoms with Gasteiger partial charge in [-0.05, 0) is 48.5 Å². The van der Waals surface area contributed by atoms with Gasteiger partial charge >= 0.3 is 0 Å². The number of sulfonamides is 1. The van der Waals surface area contributed by atoms with Gasteiger partial charge in [0.2, 0.25) is 10.0 Å². The first-order valence-corrected chi connectivity index (χ1v) is 14.4. The molecule has 2 aromatic heterocycles. The molecule has 0 spiro atoms. The van der Waals surface area contributed by atoms with Gasteiger partial charge in [-0.1, -0.05) is 17.4 Å². The van der Waals surface area contributed by atoms with Crippen LogP contribution >= 0.6 is 11.3 Å². The van der Waals surface area contributed by atoms with E-state index in [1.165, 1.54) is 54.1 Å². The Balaban J connectivity index is 1.65. The highest BCUT2D eigenvalue weighted by atomic mass is 32.2. The fraction of sp³-hybridized carbons (Fsp3) is 0.296. The molecule has 1 amide bonds. The van der Waals surface area contributed by atoms with E-state index in [1.807, 2.05) is 30.3 Å². The van der Waals surface area contributed by atoms with Gasteiger partial charge in [0.15, 0.2) is 5.13 Å². The smallest absolute Gasteiger partial charge is 0.260 e. The van der Waals surface area contributed by atoms with E-state index >= 15 is 0 Å². The highest BCUT2D eigenvalue weighted by Gasteiger charge is 2.26. The van der Waals surface area contributed by atoms with E-state index in [9.17, 15) is 13.2 Å². The maximum absolute atomic E-state index is 13.8. The van der Waals surface area contributed by atoms with Crippen LogP contribution in [0.2, 0.25) is 0 Å². The van der Waals surface area contributed by atoms with Crippen molar-refractivity contribution in [1.82, 2.24) is 14.3 Å². The van der Waals surface area contributed by atoms with Gasteiger partial charge in [0.25, 0.3) is 5.91 Å². The minimum Gasteiger partial charge on any atom is -0.497 e. The molecule has 4 aromatic rings. The normalized spacial score (nSPS) is 11.7. The first kappa shape index (κ1) is 28.6. The fourth-order valence-corrected chi connectivity index (χ4v) is 6.18. The van der Waals surface area contributed by atoms with Crippen LogP contribution in [0.3, 0.4) is 0 Å². The van der Waals surface area contributed by atoms with Crippen molar-refractivity contribution >= 4 is 42.6 Å². The van der Waals surface area contributed by atoms with Gasteiger partial charge in [0.1, 0.15) is 5.75 Å². The van der Waals surface area contributed by atoms with Gasteiger partial charge in [-0.3, -0.25) is 14.7 Å². The Hall–Kier alpha value is -3.42. The molecule has 2 heterocycles. The number of benzene rings is 2. The van der Waals surface area contributed by atoms with Gasteiger partial charge in [0.05, 0.1) is 47.7 Å². The number of thiazole rings is 1. The number of fused-ring (bicyclic) bond motifs is 1. The largest absolute Gasteiger partial charge is 0.497 e. The Morgan fingerprint density at radius 3 is 2.28 bits per heavy atom. The highest BCUT2D eigenvalue weighted by Crippen LogP contribution is 2.33. The van der Waals surface area contributed by atoms with Crippen molar-refractivity contribution in [2.45, 2.75) is 11.4 Å². The third-order valence-electron chi connectivity index (χ3n) is 5.93. The second-order valence-electron chi connectivity index (χ2n) is 8.46. The molecule has 0 fully saturated rings. The predicted molar refractivity (Wildman–Crippen MR) is 150 cm³/mol. The first-order chi connectivity index (χ1) is 18.9. The molecule has 12 heteroatoms. The zero-order valence-electron chi connectivity index (χ0n) is 21.9. The Morgan fingerprint density at radius 2 is 1.67 bits per heavy atom. The van der Waals surface area contributed by atoms with Gasteiger partial charge in [-0.25, -0.2) is 13.4 Å². The molecule has 0 N–H and O–H groups in total. The summed E-state index contributed by atoms with van der Waals surface area (Å²) >= 11 is 1.38. The average molecular weight is 571 g/mol. The summed E-state index contributed by atoms with van der Waals surface area (Å²) in [6, 6.07) is 17.0. The maximum atomic E-state index is 13.8. The van der Waals surface area contributed by atoms with E-state index in [-0.39, 0.29) is 43.7 Å². The lowest BCUT2D eigenvalue weighted by Crippen LogP contribution is -2.36. The Kier molecular flexibility index (Phi) is 9.59. The number of hydrogen-bond donors (Lipinski definition) is 0. The molecule has 0 aliphatic heterocycles. The zero-order valence-corrected chi connectivity index (χ0v) is 23.6. The quantitative estimate of drug-likeness (QED) is 0.239. The van der Waals surface area contributed by atoms with Gasteiger partial charge in [0, 0.05) is 45.1 Å². The first-order valence-electron chi connectivity index (χ1n) is 12.1. The Bertz CT molecular complexity index is 1490. The number of carbonyl (C=O) groups excluding carboxylic acids is 1. The zero-order chi connectivity index (χ0) is 27.8. The van der Waals surface area contributed by atoms with Gasteiger partial charge in [-0.15, -0.1) is 0 Å². The van der Waals surface area contributed by atoms with E-state index in [2.05, 4.69) is 4.98 Å². The molecule has 39 heavy (non-hydrogen) atoms. The number of methoxy groups -OCH3 is 3. The lowest BCUT2D eigenvalue weighted by Gasteiger charge is -2.22. The summed E-state index contributed by atoms with van der Waals surface area (Å²) < 4.78 is 44.2. The van der Waals surface area contributed by atoms with E-state index in [0.717, 1.165) is 4.70 Å². The standard InChI is InChI=1S/C27H30N4O6S2/c1-35-16-14-30(15-17-36-2)39(33,34)23-10-7-20(8-11-23)26(32)31(19-21-6-4-5-13-28-21)27-29-24-18-22(37-3)9-12-25(24)38-27/h4-13,18H,14-17,19H2,1-3H3. The van der Waals surface area contributed by atoms with E-state index in [0.29, 0.717) is 27.7 Å². The summed E-state index contributed by atoms with van der Waals surface area (Å²) in [5.74, 6) is 0.343. The average Bonchev–Trinajstić information content (AvgIpc) is 3.39. The topological polar surface area (TPSA) is 111 Å². The minimum absolute atomic E-state index is 0.0783. The number of rotatable bonds is 13. The van der Waals surface area contributed by atoms with Crippen LogP contribution in [0.5, 0.6) is 5.75 Å². The molecule has 0 atom stereocenters. The van der Waals surface area contributed by atoms with Crippen molar-refractivity contribution in [3.05, 3.63) is 78.1 Å². The SMILES string of the molecule is COCCN(CCOC)S(=O)(=O)c1ccc(C(=O)N(Cc2ccccn2)c2nc3cc(OC)ccc3s2)cc1. The number of aromatic nitrogens is 2. The van der Waals surface area contributed by atoms with Crippen LogP contribution < -0.4 is 9.64 Å². The predicted octanol–water partition coefficient (Wildman–Crippen LogP) is 3.83. The van der Waals surface area contributed by atoms with Crippen LogP contribution in [0, 0.1) is 0 Å². The van der Waals surface area contributed by atoms with E-state index in [4.69, 9.17) is 19.2 Å². The number of hydrogen-bond acceptors (Lipinski definition) is 9. The monoisotopic (exact) mass is 570 g/mol. The number of carbonyl (C=O) groups is 1. The van der Waals surface area contributed by atoms with Crippen molar-refractivity contribution in [3.63, 3.8) is 0 Å². The summed E-state index contributed by atoms with van der Waals surface area (Å²) in [7, 11) is 0.798. The summed E-state index contributed by atoms with van der Waals surface area (Å²) in [5.41, 5.74) is 1.72. The van der Waals surface area contributed by atoms with Crippen molar-refractivity contribution in [1.29, 1.82) is 0 Å². The van der Waals surface area contributed by atoms with Crippen LogP contribution in [0.1, 0.15) is 16.1 Å². The molecule has 206 valence electrons. The van der Waals surface area contributed by atoms with Gasteiger partial charge in [-0.2, -0.15) is 4.31 Å². The third kappa shape index (κ3) is 6.78. The lowest BCUT2D eigenvalue weighted by molar-refractivity contribution is 0.0984. The molecule has 0 saturated carbocycles. The number of nitrogens with zero attached hydrogens (tertiary/aromatic N) is 4. The van der Waals surface area contributed by atoms with Crippen LogP contribution in [0.4, 0.5) is 5.13 Å².